The topological polar surface area (TPSA) is 9.23 Å². The fourth-order valence-corrected chi connectivity index (χ4v) is 2.16. The Bertz CT molecular complexity index is 294. The zero-order valence-corrected chi connectivity index (χ0v) is 9.94. The van der Waals surface area contributed by atoms with Crippen molar-refractivity contribution in [1.82, 2.24) is 0 Å². The summed E-state index contributed by atoms with van der Waals surface area (Å²) >= 11 is 3.56. The highest BCUT2D eigenvalue weighted by atomic mass is 79.9. The van der Waals surface area contributed by atoms with E-state index in [0.717, 1.165) is 23.1 Å². The van der Waals surface area contributed by atoms with Crippen molar-refractivity contribution in [3.05, 3.63) is 27.7 Å². The van der Waals surface area contributed by atoms with Gasteiger partial charge in [-0.2, -0.15) is 0 Å². The highest BCUT2D eigenvalue weighted by molar-refractivity contribution is 9.10. The summed E-state index contributed by atoms with van der Waals surface area (Å²) in [6, 6.07) is 4.28. The van der Waals surface area contributed by atoms with E-state index in [-0.39, 0.29) is 0 Å². The molecule has 0 aromatic heterocycles. The van der Waals surface area contributed by atoms with Crippen LogP contribution in [-0.4, -0.2) is 7.11 Å². The first kappa shape index (κ1) is 10.6. The first-order chi connectivity index (χ1) is 6.22. The Hall–Kier alpha value is -0.500. The standard InChI is InChI=1S/C11H15BrO/c1-4-8-6-10(12)9(5-2)11(7-8)13-3/h6-7H,4-5H2,1-3H3. The molecule has 0 amide bonds. The van der Waals surface area contributed by atoms with Gasteiger partial charge >= 0.3 is 0 Å². The van der Waals surface area contributed by atoms with Crippen molar-refractivity contribution < 1.29 is 4.74 Å². The molecule has 0 fully saturated rings. The van der Waals surface area contributed by atoms with E-state index in [4.69, 9.17) is 4.74 Å². The van der Waals surface area contributed by atoms with E-state index in [9.17, 15) is 0 Å². The zero-order valence-electron chi connectivity index (χ0n) is 8.36. The Morgan fingerprint density at radius 2 is 1.92 bits per heavy atom. The van der Waals surface area contributed by atoms with Crippen LogP contribution in [0.25, 0.3) is 0 Å². The summed E-state index contributed by atoms with van der Waals surface area (Å²) in [7, 11) is 1.72. The third-order valence-corrected chi connectivity index (χ3v) is 2.90. The van der Waals surface area contributed by atoms with Gasteiger partial charge in [-0.15, -0.1) is 0 Å². The minimum Gasteiger partial charge on any atom is -0.496 e. The van der Waals surface area contributed by atoms with Crippen LogP contribution >= 0.6 is 15.9 Å². The van der Waals surface area contributed by atoms with Gasteiger partial charge in [-0.05, 0) is 30.5 Å². The van der Waals surface area contributed by atoms with Gasteiger partial charge < -0.3 is 4.74 Å². The van der Waals surface area contributed by atoms with Crippen molar-refractivity contribution in [2.45, 2.75) is 26.7 Å². The SMILES string of the molecule is CCc1cc(Br)c(CC)c(OC)c1. The first-order valence-electron chi connectivity index (χ1n) is 4.58. The highest BCUT2D eigenvalue weighted by Gasteiger charge is 2.06. The molecule has 0 heterocycles. The minimum absolute atomic E-state index is 0.994. The van der Waals surface area contributed by atoms with E-state index in [1.54, 1.807) is 7.11 Å². The second-order valence-electron chi connectivity index (χ2n) is 2.97. The molecule has 13 heavy (non-hydrogen) atoms. The average Bonchev–Trinajstić information content (AvgIpc) is 2.16. The molecule has 0 saturated carbocycles. The van der Waals surface area contributed by atoms with Gasteiger partial charge in [0.15, 0.2) is 0 Å². The monoisotopic (exact) mass is 242 g/mol. The van der Waals surface area contributed by atoms with Crippen molar-refractivity contribution >= 4 is 15.9 Å². The van der Waals surface area contributed by atoms with Crippen LogP contribution in [0, 0.1) is 0 Å². The van der Waals surface area contributed by atoms with Gasteiger partial charge in [0.25, 0.3) is 0 Å². The summed E-state index contributed by atoms with van der Waals surface area (Å²) in [5, 5.41) is 0. The third kappa shape index (κ3) is 2.25. The van der Waals surface area contributed by atoms with Crippen molar-refractivity contribution in [3.63, 3.8) is 0 Å². The number of aryl methyl sites for hydroxylation is 1. The van der Waals surface area contributed by atoms with Gasteiger partial charge in [0, 0.05) is 10.0 Å². The van der Waals surface area contributed by atoms with E-state index < -0.39 is 0 Å². The molecule has 1 aromatic carbocycles. The first-order valence-corrected chi connectivity index (χ1v) is 5.37. The predicted octanol–water partition coefficient (Wildman–Crippen LogP) is 3.58. The van der Waals surface area contributed by atoms with E-state index >= 15 is 0 Å². The molecule has 0 N–H and O–H groups in total. The number of halogens is 1. The molecule has 0 spiro atoms. The van der Waals surface area contributed by atoms with Gasteiger partial charge in [0.05, 0.1) is 7.11 Å². The third-order valence-electron chi connectivity index (χ3n) is 2.20. The van der Waals surface area contributed by atoms with Crippen LogP contribution < -0.4 is 4.74 Å². The summed E-state index contributed by atoms with van der Waals surface area (Å²) < 4.78 is 6.49. The molecule has 0 aliphatic rings. The van der Waals surface area contributed by atoms with E-state index in [0.29, 0.717) is 0 Å². The van der Waals surface area contributed by atoms with Gasteiger partial charge in [-0.1, -0.05) is 29.8 Å². The maximum atomic E-state index is 5.33. The van der Waals surface area contributed by atoms with Crippen LogP contribution in [-0.2, 0) is 12.8 Å². The smallest absolute Gasteiger partial charge is 0.123 e. The number of hydrogen-bond acceptors (Lipinski definition) is 1. The molecule has 1 rings (SSSR count). The minimum atomic E-state index is 0.994. The molecule has 0 bridgehead atoms. The maximum Gasteiger partial charge on any atom is 0.123 e. The summed E-state index contributed by atoms with van der Waals surface area (Å²) in [4.78, 5) is 0. The maximum absolute atomic E-state index is 5.33. The molecule has 2 heteroatoms. The van der Waals surface area contributed by atoms with Crippen LogP contribution in [0.15, 0.2) is 16.6 Å². The molecule has 0 atom stereocenters. The Morgan fingerprint density at radius 1 is 1.23 bits per heavy atom. The lowest BCUT2D eigenvalue weighted by Gasteiger charge is -2.10. The lowest BCUT2D eigenvalue weighted by Crippen LogP contribution is -1.94. The fraction of sp³-hybridized carbons (Fsp3) is 0.455. The van der Waals surface area contributed by atoms with E-state index in [2.05, 4.69) is 41.9 Å². The van der Waals surface area contributed by atoms with Crippen LogP contribution in [0.4, 0.5) is 0 Å². The molecule has 0 saturated heterocycles. The Balaban J connectivity index is 3.20. The summed E-state index contributed by atoms with van der Waals surface area (Å²) in [5.41, 5.74) is 2.56. The van der Waals surface area contributed by atoms with E-state index in [1.165, 1.54) is 11.1 Å². The molecular weight excluding hydrogens is 228 g/mol. The quantitative estimate of drug-likeness (QED) is 0.788. The van der Waals surface area contributed by atoms with Gasteiger partial charge in [0.2, 0.25) is 0 Å². The van der Waals surface area contributed by atoms with Crippen molar-refractivity contribution in [1.29, 1.82) is 0 Å². The molecular formula is C11H15BrO. The normalized spacial score (nSPS) is 10.2. The predicted molar refractivity (Wildman–Crippen MR) is 59.5 cm³/mol. The Kier molecular flexibility index (Phi) is 3.79. The second kappa shape index (κ2) is 4.66. The average molecular weight is 243 g/mol. The fourth-order valence-electron chi connectivity index (χ4n) is 1.39. The summed E-state index contributed by atoms with van der Waals surface area (Å²) in [6.07, 6.45) is 2.03. The van der Waals surface area contributed by atoms with Crippen molar-refractivity contribution in [3.8, 4) is 5.75 Å². The lowest BCUT2D eigenvalue weighted by atomic mass is 10.1. The summed E-state index contributed by atoms with van der Waals surface area (Å²) in [6.45, 7) is 4.28. The van der Waals surface area contributed by atoms with E-state index in [1.807, 2.05) is 0 Å². The van der Waals surface area contributed by atoms with Gasteiger partial charge in [0.1, 0.15) is 5.75 Å². The number of benzene rings is 1. The molecule has 0 aliphatic carbocycles. The Morgan fingerprint density at radius 3 is 2.38 bits per heavy atom. The molecule has 0 aliphatic heterocycles. The molecule has 72 valence electrons. The number of rotatable bonds is 3. The van der Waals surface area contributed by atoms with Gasteiger partial charge in [-0.3, -0.25) is 0 Å². The molecule has 0 radical (unpaired) electrons. The van der Waals surface area contributed by atoms with Gasteiger partial charge in [-0.25, -0.2) is 0 Å². The van der Waals surface area contributed by atoms with Crippen LogP contribution in [0.3, 0.4) is 0 Å². The second-order valence-corrected chi connectivity index (χ2v) is 3.82. The van der Waals surface area contributed by atoms with Crippen molar-refractivity contribution in [2.75, 3.05) is 7.11 Å². The van der Waals surface area contributed by atoms with Crippen LogP contribution in [0.5, 0.6) is 5.75 Å². The summed E-state index contributed by atoms with van der Waals surface area (Å²) in [5.74, 6) is 0.994. The highest BCUT2D eigenvalue weighted by Crippen LogP contribution is 2.29. The number of ether oxygens (including phenoxy) is 1. The zero-order chi connectivity index (χ0) is 9.84. The molecule has 0 unspecified atom stereocenters. The molecule has 1 aromatic rings. The molecule has 1 nitrogen and oxygen atoms in total. The lowest BCUT2D eigenvalue weighted by molar-refractivity contribution is 0.409. The van der Waals surface area contributed by atoms with Crippen LogP contribution in [0.2, 0.25) is 0 Å². The van der Waals surface area contributed by atoms with Crippen molar-refractivity contribution in [2.24, 2.45) is 0 Å². The number of hydrogen-bond donors (Lipinski definition) is 0. The Labute approximate surface area is 88.2 Å². The largest absolute Gasteiger partial charge is 0.496 e. The van der Waals surface area contributed by atoms with Crippen LogP contribution in [0.1, 0.15) is 25.0 Å². The number of methoxy groups -OCH3 is 1.